The first-order valence-corrected chi connectivity index (χ1v) is 7.25. The summed E-state index contributed by atoms with van der Waals surface area (Å²) in [6.07, 6.45) is 4.45. The van der Waals surface area contributed by atoms with Crippen LogP contribution >= 0.6 is 0 Å². The van der Waals surface area contributed by atoms with E-state index in [1.807, 2.05) is 4.68 Å². The van der Waals surface area contributed by atoms with E-state index in [0.717, 1.165) is 39.1 Å². The minimum atomic E-state index is 0.461. The minimum absolute atomic E-state index is 0.461. The highest BCUT2D eigenvalue weighted by Gasteiger charge is 2.21. The molecule has 0 aliphatic carbocycles. The van der Waals surface area contributed by atoms with Gasteiger partial charge in [-0.3, -0.25) is 9.58 Å². The van der Waals surface area contributed by atoms with Crippen LogP contribution in [0, 0.1) is 0 Å². The minimum Gasteiger partial charge on any atom is -0.314 e. The third-order valence-corrected chi connectivity index (χ3v) is 3.87. The van der Waals surface area contributed by atoms with Crippen molar-refractivity contribution < 1.29 is 0 Å². The first kappa shape index (κ1) is 13.3. The molecule has 5 heteroatoms. The summed E-state index contributed by atoms with van der Waals surface area (Å²) in [6.45, 7) is 5.27. The molecule has 0 amide bonds. The molecule has 2 aromatic rings. The van der Waals surface area contributed by atoms with E-state index >= 15 is 0 Å². The normalized spacial score (nSPS) is 18.0. The smallest absolute Gasteiger partial charge is 0.137 e. The van der Waals surface area contributed by atoms with Crippen LogP contribution in [-0.4, -0.2) is 45.8 Å². The van der Waals surface area contributed by atoms with Crippen LogP contribution in [0.4, 0.5) is 0 Å². The second-order valence-electron chi connectivity index (χ2n) is 5.16. The summed E-state index contributed by atoms with van der Waals surface area (Å²) in [5.74, 6) is 0. The van der Waals surface area contributed by atoms with E-state index in [4.69, 9.17) is 0 Å². The third kappa shape index (κ3) is 3.23. The Morgan fingerprint density at radius 3 is 2.65 bits per heavy atom. The van der Waals surface area contributed by atoms with Crippen molar-refractivity contribution in [2.45, 2.75) is 19.0 Å². The van der Waals surface area contributed by atoms with E-state index in [-0.39, 0.29) is 0 Å². The molecule has 1 aromatic heterocycles. The lowest BCUT2D eigenvalue weighted by Gasteiger charge is -2.35. The Labute approximate surface area is 119 Å². The quantitative estimate of drug-likeness (QED) is 0.891. The zero-order valence-electron chi connectivity index (χ0n) is 11.7. The molecular weight excluding hydrogens is 250 g/mol. The highest BCUT2D eigenvalue weighted by Crippen LogP contribution is 2.25. The maximum Gasteiger partial charge on any atom is 0.137 e. The lowest BCUT2D eigenvalue weighted by molar-refractivity contribution is 0.160. The van der Waals surface area contributed by atoms with Gasteiger partial charge >= 0.3 is 0 Å². The van der Waals surface area contributed by atoms with Crippen molar-refractivity contribution >= 4 is 0 Å². The number of hydrogen-bond acceptors (Lipinski definition) is 4. The summed E-state index contributed by atoms with van der Waals surface area (Å²) in [5.41, 5.74) is 1.40. The monoisotopic (exact) mass is 271 g/mol. The number of aromatic nitrogens is 3. The van der Waals surface area contributed by atoms with Gasteiger partial charge in [0.15, 0.2) is 0 Å². The van der Waals surface area contributed by atoms with Gasteiger partial charge in [-0.2, -0.15) is 5.10 Å². The maximum absolute atomic E-state index is 4.20. The van der Waals surface area contributed by atoms with Crippen molar-refractivity contribution in [2.75, 3.05) is 26.2 Å². The molecule has 0 saturated carbocycles. The Kier molecular flexibility index (Phi) is 4.40. The highest BCUT2D eigenvalue weighted by atomic mass is 15.3. The number of piperazine rings is 1. The molecule has 0 radical (unpaired) electrons. The molecule has 1 saturated heterocycles. The molecule has 106 valence electrons. The number of rotatable bonds is 5. The van der Waals surface area contributed by atoms with Crippen molar-refractivity contribution in [3.8, 4) is 0 Å². The summed E-state index contributed by atoms with van der Waals surface area (Å²) in [4.78, 5) is 6.59. The molecule has 1 aliphatic rings. The van der Waals surface area contributed by atoms with E-state index in [9.17, 15) is 0 Å². The van der Waals surface area contributed by atoms with E-state index in [1.165, 1.54) is 5.56 Å². The van der Waals surface area contributed by atoms with Crippen LogP contribution in [0.1, 0.15) is 18.0 Å². The molecule has 1 N–H and O–H groups in total. The highest BCUT2D eigenvalue weighted by molar-refractivity contribution is 5.19. The molecule has 0 spiro atoms. The summed E-state index contributed by atoms with van der Waals surface area (Å²) >= 11 is 0. The van der Waals surface area contributed by atoms with Crippen LogP contribution in [0.3, 0.4) is 0 Å². The molecule has 1 fully saturated rings. The van der Waals surface area contributed by atoms with Gasteiger partial charge in [0, 0.05) is 38.8 Å². The van der Waals surface area contributed by atoms with Crippen LogP contribution in [0.25, 0.3) is 0 Å². The zero-order chi connectivity index (χ0) is 13.6. The van der Waals surface area contributed by atoms with Crippen molar-refractivity contribution in [3.05, 3.63) is 48.5 Å². The summed E-state index contributed by atoms with van der Waals surface area (Å²) < 4.78 is 1.91. The lowest BCUT2D eigenvalue weighted by Crippen LogP contribution is -2.45. The average Bonchev–Trinajstić information content (AvgIpc) is 3.03. The van der Waals surface area contributed by atoms with Gasteiger partial charge in [-0.1, -0.05) is 30.3 Å². The van der Waals surface area contributed by atoms with Gasteiger partial charge < -0.3 is 5.32 Å². The molecule has 20 heavy (non-hydrogen) atoms. The van der Waals surface area contributed by atoms with Gasteiger partial charge in [-0.25, -0.2) is 4.98 Å². The van der Waals surface area contributed by atoms with Gasteiger partial charge in [0.25, 0.3) is 0 Å². The lowest BCUT2D eigenvalue weighted by atomic mass is 10.0. The maximum atomic E-state index is 4.20. The number of aryl methyl sites for hydroxylation is 1. The number of nitrogens with zero attached hydrogens (tertiary/aromatic N) is 4. The van der Waals surface area contributed by atoms with Crippen LogP contribution in [0.15, 0.2) is 43.0 Å². The molecule has 1 unspecified atom stereocenters. The SMILES string of the molecule is c1ccc(C(CCn2cncn2)N2CCNCC2)cc1. The van der Waals surface area contributed by atoms with Crippen LogP contribution in [-0.2, 0) is 6.54 Å². The topological polar surface area (TPSA) is 46.0 Å². The fraction of sp³-hybridized carbons (Fsp3) is 0.467. The first-order chi connectivity index (χ1) is 9.93. The van der Waals surface area contributed by atoms with Gasteiger partial charge in [-0.15, -0.1) is 0 Å². The Balaban J connectivity index is 1.72. The van der Waals surface area contributed by atoms with E-state index in [1.54, 1.807) is 12.7 Å². The molecule has 3 rings (SSSR count). The largest absolute Gasteiger partial charge is 0.314 e. The van der Waals surface area contributed by atoms with Gasteiger partial charge in [-0.05, 0) is 12.0 Å². The molecule has 1 aliphatic heterocycles. The predicted octanol–water partition coefficient (Wildman–Crippen LogP) is 1.31. The Morgan fingerprint density at radius 2 is 1.95 bits per heavy atom. The third-order valence-electron chi connectivity index (χ3n) is 3.87. The van der Waals surface area contributed by atoms with E-state index in [0.29, 0.717) is 6.04 Å². The second-order valence-corrected chi connectivity index (χ2v) is 5.16. The summed E-state index contributed by atoms with van der Waals surface area (Å²) in [6, 6.07) is 11.3. The molecule has 1 aromatic carbocycles. The fourth-order valence-corrected chi connectivity index (χ4v) is 2.83. The first-order valence-electron chi connectivity index (χ1n) is 7.25. The number of benzene rings is 1. The van der Waals surface area contributed by atoms with E-state index < -0.39 is 0 Å². The molecular formula is C15H21N5. The Bertz CT molecular complexity index is 490. The number of nitrogens with one attached hydrogen (secondary N) is 1. The summed E-state index contributed by atoms with van der Waals surface area (Å²) in [7, 11) is 0. The average molecular weight is 271 g/mol. The second kappa shape index (κ2) is 6.63. The summed E-state index contributed by atoms with van der Waals surface area (Å²) in [5, 5.41) is 7.62. The predicted molar refractivity (Wildman–Crippen MR) is 78.3 cm³/mol. The van der Waals surface area contributed by atoms with Crippen LogP contribution in [0.5, 0.6) is 0 Å². The van der Waals surface area contributed by atoms with Crippen LogP contribution in [0.2, 0.25) is 0 Å². The van der Waals surface area contributed by atoms with Gasteiger partial charge in [0.2, 0.25) is 0 Å². The number of hydrogen-bond donors (Lipinski definition) is 1. The van der Waals surface area contributed by atoms with Crippen molar-refractivity contribution in [1.82, 2.24) is 25.0 Å². The Morgan fingerprint density at radius 1 is 1.15 bits per heavy atom. The molecule has 1 atom stereocenters. The Hall–Kier alpha value is -1.72. The van der Waals surface area contributed by atoms with Crippen molar-refractivity contribution in [3.63, 3.8) is 0 Å². The molecule has 5 nitrogen and oxygen atoms in total. The van der Waals surface area contributed by atoms with E-state index in [2.05, 4.69) is 50.6 Å². The molecule has 2 heterocycles. The van der Waals surface area contributed by atoms with Gasteiger partial charge in [0.05, 0.1) is 0 Å². The zero-order valence-corrected chi connectivity index (χ0v) is 11.7. The molecule has 0 bridgehead atoms. The van der Waals surface area contributed by atoms with Crippen LogP contribution < -0.4 is 5.32 Å². The fourth-order valence-electron chi connectivity index (χ4n) is 2.83. The van der Waals surface area contributed by atoms with Crippen molar-refractivity contribution in [1.29, 1.82) is 0 Å². The standard InChI is InChI=1S/C15H21N5/c1-2-4-14(5-3-1)15(19-10-7-16-8-11-19)6-9-20-13-17-12-18-20/h1-5,12-13,15-16H,6-11H2. The van der Waals surface area contributed by atoms with Gasteiger partial charge in [0.1, 0.15) is 12.7 Å². The van der Waals surface area contributed by atoms with Crippen molar-refractivity contribution in [2.24, 2.45) is 0 Å².